The number of ether oxygens (including phenoxy) is 1. The average Bonchev–Trinajstić information content (AvgIpc) is 3.08. The molecule has 5 heteroatoms. The predicted molar refractivity (Wildman–Crippen MR) is 74.1 cm³/mol. The molecular formula is C15H22N2O3. The van der Waals surface area contributed by atoms with Crippen molar-refractivity contribution < 1.29 is 13.9 Å². The van der Waals surface area contributed by atoms with Crippen molar-refractivity contribution in [2.75, 3.05) is 20.6 Å². The monoisotopic (exact) mass is 278 g/mol. The highest BCUT2D eigenvalue weighted by atomic mass is 16.5. The fourth-order valence-electron chi connectivity index (χ4n) is 3.28. The van der Waals surface area contributed by atoms with Gasteiger partial charge in [0.25, 0.3) is 5.91 Å². The summed E-state index contributed by atoms with van der Waals surface area (Å²) in [6.07, 6.45) is 4.49. The minimum atomic E-state index is -0.255. The fourth-order valence-corrected chi connectivity index (χ4v) is 3.28. The maximum absolute atomic E-state index is 12.0. The number of carbonyl (C=O) groups excluding carboxylic acids is 1. The lowest BCUT2D eigenvalue weighted by Gasteiger charge is -2.36. The van der Waals surface area contributed by atoms with Crippen molar-refractivity contribution in [2.45, 2.75) is 44.1 Å². The molecule has 0 saturated carbocycles. The SMILES string of the molecule is CN(C)C(=O)[C@H]1CC[C@@H]2[C@@H](CCN2Cc2ccco2)O1. The van der Waals surface area contributed by atoms with Crippen molar-refractivity contribution in [3.8, 4) is 0 Å². The lowest BCUT2D eigenvalue weighted by Crippen LogP contribution is -2.47. The Morgan fingerprint density at radius 2 is 2.25 bits per heavy atom. The van der Waals surface area contributed by atoms with Crippen LogP contribution in [-0.4, -0.2) is 54.6 Å². The van der Waals surface area contributed by atoms with E-state index >= 15 is 0 Å². The number of furan rings is 1. The lowest BCUT2D eigenvalue weighted by atomic mass is 9.98. The summed E-state index contributed by atoms with van der Waals surface area (Å²) in [5.74, 6) is 1.09. The summed E-state index contributed by atoms with van der Waals surface area (Å²) < 4.78 is 11.4. The summed E-state index contributed by atoms with van der Waals surface area (Å²) in [5.41, 5.74) is 0. The van der Waals surface area contributed by atoms with Gasteiger partial charge in [0.1, 0.15) is 11.9 Å². The Kier molecular flexibility index (Phi) is 3.81. The van der Waals surface area contributed by atoms with Gasteiger partial charge in [-0.05, 0) is 31.4 Å². The number of nitrogens with zero attached hydrogens (tertiary/aromatic N) is 2. The highest BCUT2D eigenvalue weighted by molar-refractivity contribution is 5.80. The molecule has 0 spiro atoms. The summed E-state index contributed by atoms with van der Waals surface area (Å²) in [6, 6.07) is 4.35. The van der Waals surface area contributed by atoms with Gasteiger partial charge in [-0.3, -0.25) is 9.69 Å². The largest absolute Gasteiger partial charge is 0.468 e. The zero-order valence-corrected chi connectivity index (χ0v) is 12.1. The van der Waals surface area contributed by atoms with Crippen LogP contribution in [0, 0.1) is 0 Å². The van der Waals surface area contributed by atoms with Crippen molar-refractivity contribution in [3.63, 3.8) is 0 Å². The topological polar surface area (TPSA) is 45.9 Å². The van der Waals surface area contributed by atoms with Crippen LogP contribution in [0.15, 0.2) is 22.8 Å². The van der Waals surface area contributed by atoms with Crippen LogP contribution in [0.3, 0.4) is 0 Å². The van der Waals surface area contributed by atoms with Crippen LogP contribution in [0.5, 0.6) is 0 Å². The van der Waals surface area contributed by atoms with E-state index in [2.05, 4.69) is 4.90 Å². The molecule has 0 N–H and O–H groups in total. The predicted octanol–water partition coefficient (Wildman–Crippen LogP) is 1.49. The first kappa shape index (κ1) is 13.6. The number of hydrogen-bond acceptors (Lipinski definition) is 4. The van der Waals surface area contributed by atoms with E-state index in [1.54, 1.807) is 25.3 Å². The molecule has 2 saturated heterocycles. The van der Waals surface area contributed by atoms with Crippen LogP contribution in [0.4, 0.5) is 0 Å². The summed E-state index contributed by atoms with van der Waals surface area (Å²) in [6.45, 7) is 1.85. The van der Waals surface area contributed by atoms with Crippen molar-refractivity contribution in [1.29, 1.82) is 0 Å². The highest BCUT2D eigenvalue weighted by Gasteiger charge is 2.42. The van der Waals surface area contributed by atoms with E-state index < -0.39 is 0 Å². The van der Waals surface area contributed by atoms with E-state index in [0.29, 0.717) is 6.04 Å². The number of likely N-dealkylation sites (N-methyl/N-ethyl adjacent to an activating group) is 1. The third-order valence-corrected chi connectivity index (χ3v) is 4.32. The molecule has 2 fully saturated rings. The van der Waals surface area contributed by atoms with Crippen molar-refractivity contribution in [2.24, 2.45) is 0 Å². The Labute approximate surface area is 119 Å². The Bertz CT molecular complexity index is 458. The summed E-state index contributed by atoms with van der Waals surface area (Å²) in [7, 11) is 3.57. The van der Waals surface area contributed by atoms with E-state index in [1.807, 2.05) is 12.1 Å². The van der Waals surface area contributed by atoms with Gasteiger partial charge in [-0.1, -0.05) is 0 Å². The second-order valence-corrected chi connectivity index (χ2v) is 5.88. The first-order valence-electron chi connectivity index (χ1n) is 7.28. The molecule has 5 nitrogen and oxygen atoms in total. The van der Waals surface area contributed by atoms with Crippen LogP contribution < -0.4 is 0 Å². The van der Waals surface area contributed by atoms with Crippen molar-refractivity contribution in [1.82, 2.24) is 9.80 Å². The molecule has 3 heterocycles. The second kappa shape index (κ2) is 5.58. The molecule has 1 aromatic rings. The van der Waals surface area contributed by atoms with Gasteiger partial charge in [-0.15, -0.1) is 0 Å². The van der Waals surface area contributed by atoms with Crippen LogP contribution >= 0.6 is 0 Å². The number of rotatable bonds is 3. The molecule has 0 unspecified atom stereocenters. The van der Waals surface area contributed by atoms with E-state index in [9.17, 15) is 4.79 Å². The minimum absolute atomic E-state index is 0.0907. The smallest absolute Gasteiger partial charge is 0.251 e. The Balaban J connectivity index is 1.60. The van der Waals surface area contributed by atoms with Crippen molar-refractivity contribution >= 4 is 5.91 Å². The van der Waals surface area contributed by atoms with Gasteiger partial charge in [0, 0.05) is 26.7 Å². The van der Waals surface area contributed by atoms with Crippen molar-refractivity contribution in [3.05, 3.63) is 24.2 Å². The zero-order chi connectivity index (χ0) is 14.1. The van der Waals surface area contributed by atoms with E-state index in [1.165, 1.54) is 0 Å². The molecule has 2 aliphatic heterocycles. The van der Waals surface area contributed by atoms with Crippen LogP contribution in [0.2, 0.25) is 0 Å². The van der Waals surface area contributed by atoms with Gasteiger partial charge in [0.15, 0.2) is 0 Å². The van der Waals surface area contributed by atoms with E-state index in [0.717, 1.165) is 38.1 Å². The molecular weight excluding hydrogens is 256 g/mol. The van der Waals surface area contributed by atoms with Crippen LogP contribution in [-0.2, 0) is 16.1 Å². The first-order valence-corrected chi connectivity index (χ1v) is 7.28. The summed E-state index contributed by atoms with van der Waals surface area (Å²) >= 11 is 0. The van der Waals surface area contributed by atoms with E-state index in [4.69, 9.17) is 9.15 Å². The third kappa shape index (κ3) is 2.60. The molecule has 0 aliphatic carbocycles. The quantitative estimate of drug-likeness (QED) is 0.840. The fraction of sp³-hybridized carbons (Fsp3) is 0.667. The standard InChI is InChI=1S/C15H22N2O3/c1-16(2)15(18)14-6-5-12-13(20-14)7-8-17(12)10-11-4-3-9-19-11/h3-4,9,12-14H,5-8,10H2,1-2H3/t12-,13-,14-/m1/s1. The Morgan fingerprint density at radius 1 is 1.40 bits per heavy atom. The lowest BCUT2D eigenvalue weighted by molar-refractivity contribution is -0.152. The first-order chi connectivity index (χ1) is 9.65. The molecule has 0 aromatic carbocycles. The maximum Gasteiger partial charge on any atom is 0.251 e. The molecule has 0 radical (unpaired) electrons. The number of likely N-dealkylation sites (tertiary alicyclic amines) is 1. The summed E-state index contributed by atoms with van der Waals surface area (Å²) in [4.78, 5) is 16.0. The van der Waals surface area contributed by atoms with Gasteiger partial charge in [-0.2, -0.15) is 0 Å². The second-order valence-electron chi connectivity index (χ2n) is 5.88. The van der Waals surface area contributed by atoms with Gasteiger partial charge in [0.2, 0.25) is 0 Å². The molecule has 1 aromatic heterocycles. The molecule has 0 bridgehead atoms. The number of fused-ring (bicyclic) bond motifs is 1. The maximum atomic E-state index is 12.0. The summed E-state index contributed by atoms with van der Waals surface area (Å²) in [5, 5.41) is 0. The van der Waals surface area contributed by atoms with Gasteiger partial charge in [-0.25, -0.2) is 0 Å². The van der Waals surface area contributed by atoms with Gasteiger partial charge >= 0.3 is 0 Å². The van der Waals surface area contributed by atoms with Crippen LogP contribution in [0.1, 0.15) is 25.0 Å². The molecule has 110 valence electrons. The Morgan fingerprint density at radius 3 is 2.95 bits per heavy atom. The van der Waals surface area contributed by atoms with Gasteiger partial charge in [0.05, 0.1) is 18.9 Å². The molecule has 1 amide bonds. The van der Waals surface area contributed by atoms with Gasteiger partial charge < -0.3 is 14.1 Å². The number of carbonyl (C=O) groups is 1. The minimum Gasteiger partial charge on any atom is -0.468 e. The van der Waals surface area contributed by atoms with Crippen LogP contribution in [0.25, 0.3) is 0 Å². The average molecular weight is 278 g/mol. The number of amides is 1. The normalized spacial score (nSPS) is 30.2. The third-order valence-electron chi connectivity index (χ3n) is 4.32. The van der Waals surface area contributed by atoms with E-state index in [-0.39, 0.29) is 18.1 Å². The molecule has 20 heavy (non-hydrogen) atoms. The zero-order valence-electron chi connectivity index (χ0n) is 12.1. The number of hydrogen-bond donors (Lipinski definition) is 0. The Hall–Kier alpha value is -1.33. The highest BCUT2D eigenvalue weighted by Crippen LogP contribution is 2.32. The molecule has 3 atom stereocenters. The molecule has 3 rings (SSSR count). The molecule has 2 aliphatic rings.